The van der Waals surface area contributed by atoms with Crippen molar-refractivity contribution < 1.29 is 28.9 Å². The lowest BCUT2D eigenvalue weighted by Crippen LogP contribution is -2.29. The van der Waals surface area contributed by atoms with Crippen molar-refractivity contribution in [3.05, 3.63) is 89.0 Å². The van der Waals surface area contributed by atoms with Crippen molar-refractivity contribution in [1.82, 2.24) is 0 Å². The molecule has 1 N–H and O–H groups in total. The number of carbonyl (C=O) groups is 2. The Kier molecular flexibility index (Phi) is 5.71. The molecular formula is C29H27NO6. The van der Waals surface area contributed by atoms with Crippen LogP contribution in [-0.4, -0.2) is 30.7 Å². The molecule has 1 fully saturated rings. The standard InChI is InChI=1S/C29H27NO6/c1-29(2,3)19-9-11-20(12-10-19)30-25(17-6-5-7-21(14-17)34-4)24(27(32)28(30)33)26(31)18-8-13-22-23(15-18)36-16-35-22/h5-15,25,31H,16H2,1-4H3/b26-24-. The van der Waals surface area contributed by atoms with E-state index in [2.05, 4.69) is 20.8 Å². The predicted octanol–water partition coefficient (Wildman–Crippen LogP) is 5.35. The van der Waals surface area contributed by atoms with E-state index in [-0.39, 0.29) is 23.5 Å². The molecule has 2 aliphatic rings. The van der Waals surface area contributed by atoms with Crippen molar-refractivity contribution >= 4 is 23.1 Å². The van der Waals surface area contributed by atoms with Gasteiger partial charge < -0.3 is 19.3 Å². The number of benzene rings is 3. The van der Waals surface area contributed by atoms with Crippen molar-refractivity contribution in [3.63, 3.8) is 0 Å². The van der Waals surface area contributed by atoms with Crippen LogP contribution < -0.4 is 19.1 Å². The zero-order valence-corrected chi connectivity index (χ0v) is 20.6. The first kappa shape index (κ1) is 23.5. The fraction of sp³-hybridized carbons (Fsp3) is 0.241. The minimum atomic E-state index is -0.856. The summed E-state index contributed by atoms with van der Waals surface area (Å²) in [5, 5.41) is 11.4. The van der Waals surface area contributed by atoms with Crippen LogP contribution in [0.5, 0.6) is 17.2 Å². The Morgan fingerprint density at radius 1 is 0.972 bits per heavy atom. The minimum Gasteiger partial charge on any atom is -0.507 e. The summed E-state index contributed by atoms with van der Waals surface area (Å²) in [7, 11) is 1.55. The van der Waals surface area contributed by atoms with Gasteiger partial charge in [0.15, 0.2) is 11.5 Å². The SMILES string of the molecule is COc1cccc(C2/C(=C(/O)c3ccc4c(c3)OCO4)C(=O)C(=O)N2c2ccc(C(C)(C)C)cc2)c1. The van der Waals surface area contributed by atoms with Crippen molar-refractivity contribution in [2.75, 3.05) is 18.8 Å². The molecule has 0 radical (unpaired) electrons. The van der Waals surface area contributed by atoms with Gasteiger partial charge in [0, 0.05) is 11.3 Å². The molecule has 1 unspecified atom stereocenters. The summed E-state index contributed by atoms with van der Waals surface area (Å²) in [4.78, 5) is 28.3. The molecule has 1 saturated heterocycles. The van der Waals surface area contributed by atoms with Crippen LogP contribution in [0.25, 0.3) is 5.76 Å². The van der Waals surface area contributed by atoms with Crippen LogP contribution in [0, 0.1) is 0 Å². The molecule has 3 aromatic carbocycles. The van der Waals surface area contributed by atoms with Gasteiger partial charge in [0.1, 0.15) is 11.5 Å². The average molecular weight is 486 g/mol. The lowest BCUT2D eigenvalue weighted by molar-refractivity contribution is -0.132. The first-order valence-electron chi connectivity index (χ1n) is 11.6. The molecule has 0 aliphatic carbocycles. The summed E-state index contributed by atoms with van der Waals surface area (Å²) < 4.78 is 16.2. The largest absolute Gasteiger partial charge is 0.507 e. The number of amides is 1. The van der Waals surface area contributed by atoms with E-state index in [4.69, 9.17) is 14.2 Å². The fourth-order valence-electron chi connectivity index (χ4n) is 4.55. The Morgan fingerprint density at radius 2 is 1.69 bits per heavy atom. The van der Waals surface area contributed by atoms with Gasteiger partial charge >= 0.3 is 0 Å². The zero-order chi connectivity index (χ0) is 25.6. The summed E-state index contributed by atoms with van der Waals surface area (Å²) in [5.41, 5.74) is 2.57. The number of anilines is 1. The Morgan fingerprint density at radius 3 is 2.39 bits per heavy atom. The molecule has 184 valence electrons. The second-order valence-corrected chi connectivity index (χ2v) is 9.81. The Hall–Kier alpha value is -4.26. The molecule has 1 amide bonds. The second-order valence-electron chi connectivity index (χ2n) is 9.81. The first-order valence-corrected chi connectivity index (χ1v) is 11.6. The third kappa shape index (κ3) is 3.96. The number of aliphatic hydroxyl groups is 1. The third-order valence-corrected chi connectivity index (χ3v) is 6.51. The number of aliphatic hydroxyl groups excluding tert-OH is 1. The van der Waals surface area contributed by atoms with E-state index in [1.807, 2.05) is 30.3 Å². The lowest BCUT2D eigenvalue weighted by Gasteiger charge is -2.27. The molecule has 1 atom stereocenters. The monoisotopic (exact) mass is 485 g/mol. The predicted molar refractivity (Wildman–Crippen MR) is 135 cm³/mol. The van der Waals surface area contributed by atoms with Gasteiger partial charge in [0.2, 0.25) is 6.79 Å². The van der Waals surface area contributed by atoms with Crippen molar-refractivity contribution in [2.24, 2.45) is 0 Å². The van der Waals surface area contributed by atoms with Crippen molar-refractivity contribution in [2.45, 2.75) is 32.2 Å². The van der Waals surface area contributed by atoms with Gasteiger partial charge in [0.05, 0.1) is 18.7 Å². The Bertz CT molecular complexity index is 1380. The molecule has 7 heteroatoms. The van der Waals surface area contributed by atoms with E-state index in [9.17, 15) is 14.7 Å². The molecule has 2 heterocycles. The van der Waals surface area contributed by atoms with Crippen LogP contribution >= 0.6 is 0 Å². The maximum absolute atomic E-state index is 13.4. The van der Waals surface area contributed by atoms with E-state index >= 15 is 0 Å². The quantitative estimate of drug-likeness (QED) is 0.305. The van der Waals surface area contributed by atoms with Gasteiger partial charge in [-0.2, -0.15) is 0 Å². The highest BCUT2D eigenvalue weighted by Gasteiger charge is 2.47. The minimum absolute atomic E-state index is 0.00739. The summed E-state index contributed by atoms with van der Waals surface area (Å²) >= 11 is 0. The average Bonchev–Trinajstić information content (AvgIpc) is 3.45. The van der Waals surface area contributed by atoms with Gasteiger partial charge in [0.25, 0.3) is 11.7 Å². The van der Waals surface area contributed by atoms with Crippen LogP contribution in [0.15, 0.2) is 72.3 Å². The van der Waals surface area contributed by atoms with Crippen LogP contribution in [0.4, 0.5) is 5.69 Å². The van der Waals surface area contributed by atoms with Crippen LogP contribution in [0.1, 0.15) is 43.5 Å². The number of nitrogens with zero attached hydrogens (tertiary/aromatic N) is 1. The number of carbonyl (C=O) groups excluding carboxylic acids is 2. The first-order chi connectivity index (χ1) is 17.2. The Balaban J connectivity index is 1.68. The van der Waals surface area contributed by atoms with Gasteiger partial charge in [-0.25, -0.2) is 0 Å². The maximum atomic E-state index is 13.4. The van der Waals surface area contributed by atoms with E-state index in [0.717, 1.165) is 5.56 Å². The highest BCUT2D eigenvalue weighted by atomic mass is 16.7. The van der Waals surface area contributed by atoms with E-state index in [0.29, 0.717) is 34.1 Å². The highest BCUT2D eigenvalue weighted by molar-refractivity contribution is 6.51. The highest BCUT2D eigenvalue weighted by Crippen LogP contribution is 2.44. The van der Waals surface area contributed by atoms with Crippen LogP contribution in [0.2, 0.25) is 0 Å². The number of hydrogen-bond donors (Lipinski definition) is 1. The van der Waals surface area contributed by atoms with E-state index in [1.165, 1.54) is 4.90 Å². The number of rotatable bonds is 4. The zero-order valence-electron chi connectivity index (χ0n) is 20.6. The number of ether oxygens (including phenoxy) is 3. The van der Waals surface area contributed by atoms with E-state index in [1.54, 1.807) is 43.5 Å². The third-order valence-electron chi connectivity index (χ3n) is 6.51. The molecule has 0 bridgehead atoms. The lowest BCUT2D eigenvalue weighted by atomic mass is 9.87. The van der Waals surface area contributed by atoms with Gasteiger partial charge in [-0.15, -0.1) is 0 Å². The van der Waals surface area contributed by atoms with Crippen LogP contribution in [0.3, 0.4) is 0 Å². The van der Waals surface area contributed by atoms with Crippen LogP contribution in [-0.2, 0) is 15.0 Å². The summed E-state index contributed by atoms with van der Waals surface area (Å²) in [6.07, 6.45) is 0. The Labute approximate surface area is 209 Å². The van der Waals surface area contributed by atoms with Gasteiger partial charge in [-0.05, 0) is 59.0 Å². The molecule has 36 heavy (non-hydrogen) atoms. The topological polar surface area (TPSA) is 85.3 Å². The van der Waals surface area contributed by atoms with Crippen molar-refractivity contribution in [3.8, 4) is 17.2 Å². The fourth-order valence-corrected chi connectivity index (χ4v) is 4.55. The second kappa shape index (κ2) is 8.75. The van der Waals surface area contributed by atoms with E-state index < -0.39 is 17.7 Å². The van der Waals surface area contributed by atoms with Gasteiger partial charge in [-0.1, -0.05) is 45.0 Å². The summed E-state index contributed by atoms with van der Waals surface area (Å²) in [5.74, 6) is -0.178. The molecule has 3 aromatic rings. The maximum Gasteiger partial charge on any atom is 0.300 e. The van der Waals surface area contributed by atoms with Crippen molar-refractivity contribution in [1.29, 1.82) is 0 Å². The molecule has 0 spiro atoms. The molecule has 0 aromatic heterocycles. The summed E-state index contributed by atoms with van der Waals surface area (Å²) in [6, 6.07) is 18.8. The molecular weight excluding hydrogens is 458 g/mol. The molecule has 2 aliphatic heterocycles. The molecule has 5 rings (SSSR count). The number of hydrogen-bond acceptors (Lipinski definition) is 6. The number of Topliss-reactive ketones (excluding diaryl/α,β-unsaturated/α-hetero) is 1. The number of methoxy groups -OCH3 is 1. The molecule has 7 nitrogen and oxygen atoms in total. The molecule has 0 saturated carbocycles. The smallest absolute Gasteiger partial charge is 0.300 e. The number of fused-ring (bicyclic) bond motifs is 1. The number of ketones is 1. The van der Waals surface area contributed by atoms with Gasteiger partial charge in [-0.3, -0.25) is 14.5 Å². The summed E-state index contributed by atoms with van der Waals surface area (Å²) in [6.45, 7) is 6.40. The normalized spacial score (nSPS) is 18.6.